The molecule has 0 unspecified atom stereocenters. The van der Waals surface area contributed by atoms with E-state index in [0.717, 1.165) is 33.7 Å². The summed E-state index contributed by atoms with van der Waals surface area (Å²) in [6, 6.07) is 25.8. The summed E-state index contributed by atoms with van der Waals surface area (Å²) in [5, 5.41) is 4.71. The molecule has 51 heavy (non-hydrogen) atoms. The van der Waals surface area contributed by atoms with Crippen molar-refractivity contribution < 1.29 is 14.0 Å². The van der Waals surface area contributed by atoms with Crippen LogP contribution in [0.4, 0.5) is 5.69 Å². The highest BCUT2D eigenvalue weighted by Gasteiger charge is 2.21. The third kappa shape index (κ3) is 10.8. The molecule has 0 spiro atoms. The van der Waals surface area contributed by atoms with E-state index in [1.165, 1.54) is 33.0 Å². The van der Waals surface area contributed by atoms with E-state index >= 15 is 0 Å². The van der Waals surface area contributed by atoms with Crippen molar-refractivity contribution in [2.45, 2.75) is 131 Å². The van der Waals surface area contributed by atoms with Crippen LogP contribution in [0, 0.1) is 4.91 Å². The number of anilines is 1. The molecule has 1 heterocycles. The topological polar surface area (TPSA) is 87.0 Å². The van der Waals surface area contributed by atoms with Gasteiger partial charge in [-0.1, -0.05) is 107 Å². The molecule has 276 valence electrons. The first-order valence-corrected chi connectivity index (χ1v) is 17.8. The number of hydrogen-bond acceptors (Lipinski definition) is 6. The number of nitrogen functional groups attached to an aromatic ring is 1. The lowest BCUT2D eigenvalue weighted by Gasteiger charge is -2.23. The number of nitrogens with two attached hydrogens (primary N) is 1. The minimum absolute atomic E-state index is 0.0807. The Bertz CT molecular complexity index is 1880. The van der Waals surface area contributed by atoms with E-state index in [1.54, 1.807) is 27.9 Å². The second kappa shape index (κ2) is 15.1. The molecular formula is C45H62N2O4. The number of hydrogen-bond donors (Lipinski definition) is 1. The molecule has 0 saturated heterocycles. The minimum Gasteiger partial charge on any atom is -0.496 e. The van der Waals surface area contributed by atoms with Crippen molar-refractivity contribution in [1.29, 1.82) is 0 Å². The van der Waals surface area contributed by atoms with Gasteiger partial charge < -0.3 is 19.7 Å². The average Bonchev–Trinajstić information content (AvgIpc) is 3.36. The van der Waals surface area contributed by atoms with Gasteiger partial charge in [0.25, 0.3) is 0 Å². The smallest absolute Gasteiger partial charge is 0.155 e. The average molecular weight is 695 g/mol. The SMILES string of the molecule is CC(C)(C)ON=O.CC(C)(C)c1ccc2oc3ccc(C(C)(C)C)cc3c2c1.COc1ccc(C(C)(C)C)cc1-c1cc(C(C)(C)C)ccc1N. The van der Waals surface area contributed by atoms with E-state index in [-0.39, 0.29) is 21.7 Å². The van der Waals surface area contributed by atoms with Gasteiger partial charge in [-0.2, -0.15) is 0 Å². The largest absolute Gasteiger partial charge is 0.496 e. The lowest BCUT2D eigenvalue weighted by Crippen LogP contribution is -2.14. The van der Waals surface area contributed by atoms with Crippen molar-refractivity contribution in [3.05, 3.63) is 100.0 Å². The molecule has 0 saturated carbocycles. The Morgan fingerprint density at radius 1 is 0.529 bits per heavy atom. The molecule has 5 rings (SSSR count). The minimum atomic E-state index is -0.429. The highest BCUT2D eigenvalue weighted by atomic mass is 16.7. The first-order chi connectivity index (χ1) is 23.3. The van der Waals surface area contributed by atoms with Gasteiger partial charge in [0.05, 0.1) is 7.11 Å². The monoisotopic (exact) mass is 694 g/mol. The Labute approximate surface area is 307 Å². The summed E-state index contributed by atoms with van der Waals surface area (Å²) in [5.74, 6) is 0.857. The number of rotatable bonds is 3. The van der Waals surface area contributed by atoms with E-state index < -0.39 is 5.60 Å². The van der Waals surface area contributed by atoms with Crippen molar-refractivity contribution in [3.8, 4) is 16.9 Å². The predicted molar refractivity (Wildman–Crippen MR) is 218 cm³/mol. The Morgan fingerprint density at radius 2 is 0.902 bits per heavy atom. The Hall–Kier alpha value is -4.32. The molecule has 5 aromatic rings. The van der Waals surface area contributed by atoms with Gasteiger partial charge in [0.15, 0.2) is 5.34 Å². The van der Waals surface area contributed by atoms with Crippen molar-refractivity contribution in [2.24, 2.45) is 5.34 Å². The zero-order valence-corrected chi connectivity index (χ0v) is 34.1. The zero-order valence-electron chi connectivity index (χ0n) is 34.1. The fraction of sp³-hybridized carbons (Fsp3) is 0.467. The van der Waals surface area contributed by atoms with E-state index in [1.807, 2.05) is 12.1 Å². The summed E-state index contributed by atoms with van der Waals surface area (Å²) in [4.78, 5) is 13.6. The van der Waals surface area contributed by atoms with Crippen LogP contribution in [0.25, 0.3) is 33.1 Å². The van der Waals surface area contributed by atoms with Crippen LogP contribution >= 0.6 is 0 Å². The molecule has 0 atom stereocenters. The molecular weight excluding hydrogens is 633 g/mol. The van der Waals surface area contributed by atoms with Gasteiger partial charge in [-0.05, 0) is 113 Å². The van der Waals surface area contributed by atoms with Gasteiger partial charge in [-0.15, -0.1) is 4.91 Å². The van der Waals surface area contributed by atoms with Crippen molar-refractivity contribution in [2.75, 3.05) is 12.8 Å². The molecule has 6 nitrogen and oxygen atoms in total. The zero-order chi connectivity index (χ0) is 38.7. The second-order valence-electron chi connectivity index (χ2n) is 18.5. The number of ether oxygens (including phenoxy) is 1. The van der Waals surface area contributed by atoms with Crippen LogP contribution in [0.2, 0.25) is 0 Å². The fourth-order valence-corrected chi connectivity index (χ4v) is 5.46. The second-order valence-corrected chi connectivity index (χ2v) is 18.5. The third-order valence-corrected chi connectivity index (χ3v) is 8.79. The summed E-state index contributed by atoms with van der Waals surface area (Å²) in [5.41, 5.74) is 16.4. The molecule has 0 amide bonds. The van der Waals surface area contributed by atoms with Crippen LogP contribution in [0.3, 0.4) is 0 Å². The molecule has 4 aromatic carbocycles. The van der Waals surface area contributed by atoms with Crippen LogP contribution in [0.5, 0.6) is 5.75 Å². The normalized spacial score (nSPS) is 12.5. The molecule has 2 N–H and O–H groups in total. The predicted octanol–water partition coefficient (Wildman–Crippen LogP) is 13.2. The quantitative estimate of drug-likeness (QED) is 0.115. The third-order valence-electron chi connectivity index (χ3n) is 8.79. The molecule has 0 radical (unpaired) electrons. The van der Waals surface area contributed by atoms with Gasteiger partial charge in [0, 0.05) is 27.6 Å². The van der Waals surface area contributed by atoms with E-state index in [2.05, 4.69) is 154 Å². The lowest BCUT2D eigenvalue weighted by atomic mass is 9.83. The summed E-state index contributed by atoms with van der Waals surface area (Å²) < 4.78 is 11.6. The maximum Gasteiger partial charge on any atom is 0.155 e. The molecule has 1 aromatic heterocycles. The highest BCUT2D eigenvalue weighted by Crippen LogP contribution is 2.40. The van der Waals surface area contributed by atoms with Crippen molar-refractivity contribution in [1.82, 2.24) is 0 Å². The van der Waals surface area contributed by atoms with E-state index in [0.29, 0.717) is 0 Å². The number of fused-ring (bicyclic) bond motifs is 3. The molecule has 0 aliphatic heterocycles. The molecule has 0 aliphatic rings. The Morgan fingerprint density at radius 3 is 1.25 bits per heavy atom. The van der Waals surface area contributed by atoms with Crippen LogP contribution in [-0.2, 0) is 26.5 Å². The van der Waals surface area contributed by atoms with Gasteiger partial charge >= 0.3 is 0 Å². The van der Waals surface area contributed by atoms with Gasteiger partial charge in [0.1, 0.15) is 22.5 Å². The first kappa shape index (κ1) is 41.1. The molecule has 6 heteroatoms. The number of benzene rings is 4. The molecule has 0 aliphatic carbocycles. The maximum absolute atomic E-state index is 9.35. The summed E-state index contributed by atoms with van der Waals surface area (Å²) in [6.45, 7) is 32.0. The molecule has 0 fully saturated rings. The fourth-order valence-electron chi connectivity index (χ4n) is 5.46. The van der Waals surface area contributed by atoms with Gasteiger partial charge in [-0.3, -0.25) is 0 Å². The summed E-state index contributed by atoms with van der Waals surface area (Å²) >= 11 is 0. The Kier molecular flexibility index (Phi) is 12.2. The van der Waals surface area contributed by atoms with Crippen molar-refractivity contribution in [3.63, 3.8) is 0 Å². The lowest BCUT2D eigenvalue weighted by molar-refractivity contribution is -0.00230. The highest BCUT2D eigenvalue weighted by molar-refractivity contribution is 6.05. The first-order valence-electron chi connectivity index (χ1n) is 17.8. The standard InChI is InChI=1S/C21H29NO.C20H24O.C4H9NO2/c1-20(2,3)14-8-10-18(22)16(12-14)17-13-15(21(4,5)6)9-11-19(17)23-7;1-19(2,3)13-7-9-17-15(11-13)16-12-14(20(4,5)6)8-10-18(16)21-17;1-4(2,3)7-5-6/h8-13H,22H2,1-7H3;7-12H,1-6H3;1-3H3. The molecule has 0 bridgehead atoms. The van der Waals surface area contributed by atoms with Gasteiger partial charge in [-0.25, -0.2) is 0 Å². The number of methoxy groups -OCH3 is 1. The van der Waals surface area contributed by atoms with E-state index in [9.17, 15) is 4.91 Å². The van der Waals surface area contributed by atoms with Crippen LogP contribution in [0.1, 0.15) is 126 Å². The Balaban J connectivity index is 0.000000233. The van der Waals surface area contributed by atoms with Crippen LogP contribution < -0.4 is 10.5 Å². The van der Waals surface area contributed by atoms with Gasteiger partial charge in [0.2, 0.25) is 0 Å². The maximum atomic E-state index is 9.35. The van der Waals surface area contributed by atoms with E-state index in [4.69, 9.17) is 14.9 Å². The van der Waals surface area contributed by atoms with Crippen LogP contribution in [-0.4, -0.2) is 12.7 Å². The number of furan rings is 1. The number of nitrogens with zero attached hydrogens (tertiary/aromatic N) is 1. The van der Waals surface area contributed by atoms with Crippen molar-refractivity contribution >= 4 is 27.6 Å². The summed E-state index contributed by atoms with van der Waals surface area (Å²) in [7, 11) is 1.71. The summed E-state index contributed by atoms with van der Waals surface area (Å²) in [6.07, 6.45) is 0. The van der Waals surface area contributed by atoms with Crippen LogP contribution in [0.15, 0.2) is 82.6 Å².